The summed E-state index contributed by atoms with van der Waals surface area (Å²) in [6.45, 7) is 2.04. The molecule has 0 saturated carbocycles. The van der Waals surface area contributed by atoms with Crippen LogP contribution >= 0.6 is 0 Å². The molecule has 0 N–H and O–H groups in total. The highest BCUT2D eigenvalue weighted by Gasteiger charge is 2.02. The molecule has 14 heavy (non-hydrogen) atoms. The second-order valence-corrected chi connectivity index (χ2v) is 2.86. The average Bonchev–Trinajstić information content (AvgIpc) is 2.19. The van der Waals surface area contributed by atoms with Gasteiger partial charge in [-0.15, -0.1) is 0 Å². The molecular weight excluding hydrogens is 184 g/mol. The number of nitrogens with zero attached hydrogens (tertiary/aromatic N) is 2. The number of rotatable bonds is 3. The fourth-order valence-corrected chi connectivity index (χ4v) is 1.01. The second-order valence-electron chi connectivity index (χ2n) is 2.86. The van der Waals surface area contributed by atoms with E-state index in [2.05, 4.69) is 9.84 Å². The van der Waals surface area contributed by atoms with Crippen molar-refractivity contribution in [2.24, 2.45) is 0 Å². The first kappa shape index (κ1) is 10.4. The van der Waals surface area contributed by atoms with Gasteiger partial charge in [0.2, 0.25) is 0 Å². The van der Waals surface area contributed by atoms with E-state index in [1.54, 1.807) is 13.0 Å². The van der Waals surface area contributed by atoms with Crippen LogP contribution in [0.1, 0.15) is 12.1 Å². The van der Waals surface area contributed by atoms with Crippen molar-refractivity contribution >= 4 is 5.97 Å². The summed E-state index contributed by atoms with van der Waals surface area (Å²) in [4.78, 5) is 22.0. The van der Waals surface area contributed by atoms with Crippen LogP contribution in [-0.4, -0.2) is 22.9 Å². The Balaban J connectivity index is 2.71. The molecule has 0 radical (unpaired) electrons. The van der Waals surface area contributed by atoms with E-state index in [0.29, 0.717) is 0 Å². The van der Waals surface area contributed by atoms with Gasteiger partial charge < -0.3 is 4.74 Å². The van der Waals surface area contributed by atoms with Crippen LogP contribution in [0.2, 0.25) is 0 Å². The molecule has 0 spiro atoms. The van der Waals surface area contributed by atoms with Crippen LogP contribution in [0.3, 0.4) is 0 Å². The lowest BCUT2D eigenvalue weighted by Gasteiger charge is -2.03. The van der Waals surface area contributed by atoms with Gasteiger partial charge in [0.25, 0.3) is 5.56 Å². The molecule has 76 valence electrons. The number of aromatic nitrogens is 2. The van der Waals surface area contributed by atoms with Gasteiger partial charge in [-0.1, -0.05) is 0 Å². The van der Waals surface area contributed by atoms with Crippen molar-refractivity contribution in [2.45, 2.75) is 19.9 Å². The molecular formula is C9H12N2O3. The van der Waals surface area contributed by atoms with Gasteiger partial charge in [-0.2, -0.15) is 5.10 Å². The minimum Gasteiger partial charge on any atom is -0.469 e. The molecule has 1 aromatic rings. The van der Waals surface area contributed by atoms with Gasteiger partial charge in [0.1, 0.15) is 0 Å². The lowest BCUT2D eigenvalue weighted by molar-refractivity contribution is -0.140. The third kappa shape index (κ3) is 2.69. The van der Waals surface area contributed by atoms with Crippen molar-refractivity contribution in [3.63, 3.8) is 0 Å². The summed E-state index contributed by atoms with van der Waals surface area (Å²) in [7, 11) is 1.31. The smallest absolute Gasteiger partial charge is 0.307 e. The van der Waals surface area contributed by atoms with E-state index in [9.17, 15) is 9.59 Å². The average molecular weight is 196 g/mol. The van der Waals surface area contributed by atoms with Crippen molar-refractivity contribution in [3.05, 3.63) is 28.2 Å². The highest BCUT2D eigenvalue weighted by Crippen LogP contribution is 1.90. The van der Waals surface area contributed by atoms with Crippen molar-refractivity contribution in [2.75, 3.05) is 7.11 Å². The van der Waals surface area contributed by atoms with E-state index < -0.39 is 0 Å². The summed E-state index contributed by atoms with van der Waals surface area (Å²) in [6, 6.07) is 3.07. The van der Waals surface area contributed by atoms with Crippen LogP contribution in [0.5, 0.6) is 0 Å². The highest BCUT2D eigenvalue weighted by atomic mass is 16.5. The molecule has 0 aliphatic rings. The third-order valence-corrected chi connectivity index (χ3v) is 1.76. The minimum atomic E-state index is -0.347. The van der Waals surface area contributed by atoms with E-state index >= 15 is 0 Å². The number of carbonyl (C=O) groups is 1. The van der Waals surface area contributed by atoms with Gasteiger partial charge >= 0.3 is 5.97 Å². The molecule has 1 rings (SSSR count). The third-order valence-electron chi connectivity index (χ3n) is 1.76. The molecule has 0 atom stereocenters. The first-order chi connectivity index (χ1) is 6.63. The number of ether oxygens (including phenoxy) is 1. The van der Waals surface area contributed by atoms with Gasteiger partial charge in [-0.25, -0.2) is 4.68 Å². The first-order valence-electron chi connectivity index (χ1n) is 4.25. The Labute approximate surface area is 81.3 Å². The summed E-state index contributed by atoms with van der Waals surface area (Å²) in [5.74, 6) is -0.347. The van der Waals surface area contributed by atoms with Crippen molar-refractivity contribution in [1.82, 2.24) is 9.78 Å². The summed E-state index contributed by atoms with van der Waals surface area (Å²) in [5.41, 5.74) is 0.536. The molecule has 0 bridgehead atoms. The maximum absolute atomic E-state index is 11.2. The predicted octanol–water partition coefficient (Wildman–Crippen LogP) is 0.115. The Morgan fingerprint density at radius 3 is 2.93 bits per heavy atom. The van der Waals surface area contributed by atoms with Crippen molar-refractivity contribution < 1.29 is 9.53 Å². The van der Waals surface area contributed by atoms with Crippen molar-refractivity contribution in [3.8, 4) is 0 Å². The van der Waals surface area contributed by atoms with E-state index in [-0.39, 0.29) is 24.5 Å². The molecule has 5 nitrogen and oxygen atoms in total. The summed E-state index contributed by atoms with van der Waals surface area (Å²) in [5, 5.41) is 3.98. The number of hydrogen-bond donors (Lipinski definition) is 0. The van der Waals surface area contributed by atoms with E-state index in [1.807, 2.05) is 0 Å². The SMILES string of the molecule is COC(=O)CCn1nc(C)ccc1=O. The number of hydrogen-bond acceptors (Lipinski definition) is 4. The predicted molar refractivity (Wildman–Crippen MR) is 49.9 cm³/mol. The molecule has 1 heterocycles. The van der Waals surface area contributed by atoms with Gasteiger partial charge in [0.15, 0.2) is 0 Å². The number of methoxy groups -OCH3 is 1. The maximum Gasteiger partial charge on any atom is 0.307 e. The van der Waals surface area contributed by atoms with Crippen LogP contribution in [-0.2, 0) is 16.1 Å². The number of carbonyl (C=O) groups excluding carboxylic acids is 1. The molecule has 0 unspecified atom stereocenters. The van der Waals surface area contributed by atoms with Gasteiger partial charge in [0.05, 0.1) is 25.8 Å². The highest BCUT2D eigenvalue weighted by molar-refractivity contribution is 5.68. The Bertz CT molecular complexity index is 384. The van der Waals surface area contributed by atoms with Gasteiger partial charge in [0, 0.05) is 6.07 Å². The fourth-order valence-electron chi connectivity index (χ4n) is 1.01. The zero-order chi connectivity index (χ0) is 10.6. The molecule has 5 heteroatoms. The fraction of sp³-hybridized carbons (Fsp3) is 0.444. The lowest BCUT2D eigenvalue weighted by Crippen LogP contribution is -2.23. The van der Waals surface area contributed by atoms with Crippen molar-refractivity contribution in [1.29, 1.82) is 0 Å². The molecule has 0 aliphatic heterocycles. The van der Waals surface area contributed by atoms with E-state index in [1.165, 1.54) is 17.9 Å². The molecule has 0 aromatic carbocycles. The summed E-state index contributed by atoms with van der Waals surface area (Å²) < 4.78 is 5.72. The number of aryl methyl sites for hydroxylation is 2. The molecule has 0 aliphatic carbocycles. The number of esters is 1. The Morgan fingerprint density at radius 2 is 2.29 bits per heavy atom. The minimum absolute atomic E-state index is 0.160. The first-order valence-corrected chi connectivity index (χ1v) is 4.25. The van der Waals surface area contributed by atoms with Gasteiger partial charge in [-0.05, 0) is 13.0 Å². The monoisotopic (exact) mass is 196 g/mol. The Morgan fingerprint density at radius 1 is 1.57 bits per heavy atom. The van der Waals surface area contributed by atoms with E-state index in [0.717, 1.165) is 5.69 Å². The molecule has 0 saturated heterocycles. The van der Waals surface area contributed by atoms with Crippen LogP contribution in [0.4, 0.5) is 0 Å². The Hall–Kier alpha value is -1.65. The normalized spacial score (nSPS) is 9.86. The zero-order valence-corrected chi connectivity index (χ0v) is 8.19. The second kappa shape index (κ2) is 4.55. The zero-order valence-electron chi connectivity index (χ0n) is 8.19. The molecule has 0 amide bonds. The Kier molecular flexibility index (Phi) is 3.39. The topological polar surface area (TPSA) is 61.2 Å². The quantitative estimate of drug-likeness (QED) is 0.644. The summed E-state index contributed by atoms with van der Waals surface area (Å²) >= 11 is 0. The van der Waals surface area contributed by atoms with Crippen LogP contribution in [0.25, 0.3) is 0 Å². The lowest BCUT2D eigenvalue weighted by atomic mass is 10.4. The van der Waals surface area contributed by atoms with Crippen LogP contribution < -0.4 is 5.56 Å². The largest absolute Gasteiger partial charge is 0.469 e. The summed E-state index contributed by atoms with van der Waals surface area (Å²) in [6.07, 6.45) is 0.160. The van der Waals surface area contributed by atoms with Gasteiger partial charge in [-0.3, -0.25) is 9.59 Å². The van der Waals surface area contributed by atoms with Crippen LogP contribution in [0, 0.1) is 6.92 Å². The standard InChI is InChI=1S/C9H12N2O3/c1-7-3-4-8(12)11(10-7)6-5-9(13)14-2/h3-4H,5-6H2,1-2H3. The molecule has 0 fully saturated rings. The molecule has 1 aromatic heterocycles. The van der Waals surface area contributed by atoms with Crippen LogP contribution in [0.15, 0.2) is 16.9 Å². The maximum atomic E-state index is 11.2. The van der Waals surface area contributed by atoms with E-state index in [4.69, 9.17) is 0 Å².